The van der Waals surface area contributed by atoms with E-state index in [-0.39, 0.29) is 11.8 Å². The van der Waals surface area contributed by atoms with Crippen molar-refractivity contribution >= 4 is 40.0 Å². The van der Waals surface area contributed by atoms with Crippen LogP contribution < -0.4 is 4.90 Å². The van der Waals surface area contributed by atoms with Gasteiger partial charge in [0.2, 0.25) is 5.91 Å². The molecule has 0 aliphatic carbocycles. The van der Waals surface area contributed by atoms with Gasteiger partial charge in [-0.15, -0.1) is 0 Å². The molecule has 26 heavy (non-hydrogen) atoms. The van der Waals surface area contributed by atoms with Gasteiger partial charge in [0.15, 0.2) is 0 Å². The van der Waals surface area contributed by atoms with Crippen molar-refractivity contribution in [3.05, 3.63) is 64.3 Å². The summed E-state index contributed by atoms with van der Waals surface area (Å²) in [4.78, 5) is 28.1. The predicted molar refractivity (Wildman–Crippen MR) is 102 cm³/mol. The fourth-order valence-corrected chi connectivity index (χ4v) is 4.61. The van der Waals surface area contributed by atoms with Gasteiger partial charge < -0.3 is 4.90 Å². The molecule has 5 rings (SSSR count). The number of nitrogens with zero attached hydrogens (tertiary/aromatic N) is 2. The van der Waals surface area contributed by atoms with Crippen LogP contribution in [0.25, 0.3) is 10.9 Å². The number of benzene rings is 2. The van der Waals surface area contributed by atoms with Gasteiger partial charge >= 0.3 is 0 Å². The van der Waals surface area contributed by atoms with E-state index in [9.17, 15) is 9.59 Å². The summed E-state index contributed by atoms with van der Waals surface area (Å²) in [6, 6.07) is 13.3. The van der Waals surface area contributed by atoms with E-state index in [0.29, 0.717) is 29.1 Å². The van der Waals surface area contributed by atoms with Gasteiger partial charge in [0.25, 0.3) is 5.91 Å². The van der Waals surface area contributed by atoms with Gasteiger partial charge in [0, 0.05) is 16.8 Å². The van der Waals surface area contributed by atoms with Crippen molar-refractivity contribution < 1.29 is 9.59 Å². The molecule has 3 aromatic rings. The molecule has 0 radical (unpaired) electrons. The number of carbonyl (C=O) groups excluding carboxylic acids is 2. The molecule has 1 amide bonds. The lowest BCUT2D eigenvalue weighted by Crippen LogP contribution is -2.41. The van der Waals surface area contributed by atoms with Gasteiger partial charge in [-0.3, -0.25) is 14.2 Å². The quantitative estimate of drug-likeness (QED) is 0.582. The van der Waals surface area contributed by atoms with Crippen LogP contribution >= 0.6 is 11.6 Å². The zero-order valence-corrected chi connectivity index (χ0v) is 15.3. The fraction of sp³-hybridized carbons (Fsp3) is 0.238. The number of anilines is 1. The highest BCUT2D eigenvalue weighted by Crippen LogP contribution is 2.47. The maximum Gasteiger partial charge on any atom is 0.264 e. The van der Waals surface area contributed by atoms with Crippen molar-refractivity contribution in [1.82, 2.24) is 4.57 Å². The van der Waals surface area contributed by atoms with Gasteiger partial charge in [0.05, 0.1) is 28.0 Å². The van der Waals surface area contributed by atoms with E-state index in [1.165, 1.54) is 0 Å². The first-order chi connectivity index (χ1) is 12.4. The maximum atomic E-state index is 13.5. The molecule has 0 N–H and O–H groups in total. The molecule has 2 aliphatic heterocycles. The first kappa shape index (κ1) is 15.6. The van der Waals surface area contributed by atoms with Gasteiger partial charge in [-0.1, -0.05) is 23.2 Å². The second kappa shape index (κ2) is 4.98. The normalized spacial score (nSPS) is 21.6. The Labute approximate surface area is 156 Å². The number of hydrogen-bond acceptors (Lipinski definition) is 2. The standard InChI is InChI=1S/C21H17ClN2O2/c1-12-3-5-17-15(9-12)20(26)23-16-6-4-14(22)10-13(16)11-18(23)21(2)8-7-19(25)24(17)21/h3-6,9-11H,7-8H2,1-2H3. The van der Waals surface area contributed by atoms with E-state index in [4.69, 9.17) is 11.6 Å². The Morgan fingerprint density at radius 2 is 1.88 bits per heavy atom. The minimum atomic E-state index is -0.557. The molecule has 2 aliphatic rings. The van der Waals surface area contributed by atoms with Crippen LogP contribution in [0.4, 0.5) is 5.69 Å². The minimum absolute atomic E-state index is 0.0575. The molecule has 130 valence electrons. The Balaban J connectivity index is 1.94. The lowest BCUT2D eigenvalue weighted by molar-refractivity contribution is -0.117. The van der Waals surface area contributed by atoms with Crippen LogP contribution in [0.2, 0.25) is 5.02 Å². The molecule has 1 unspecified atom stereocenters. The molecule has 0 bridgehead atoms. The molecule has 2 aromatic carbocycles. The average Bonchev–Trinajstić information content (AvgIpc) is 3.11. The van der Waals surface area contributed by atoms with Gasteiger partial charge in [-0.25, -0.2) is 0 Å². The Kier molecular flexibility index (Phi) is 3.00. The Bertz CT molecular complexity index is 1130. The second-order valence-corrected chi connectivity index (χ2v) is 7.83. The molecule has 0 spiro atoms. The number of rotatable bonds is 0. The summed E-state index contributed by atoms with van der Waals surface area (Å²) in [5, 5.41) is 1.55. The number of aromatic nitrogens is 1. The summed E-state index contributed by atoms with van der Waals surface area (Å²) in [5.41, 5.74) is 3.38. The summed E-state index contributed by atoms with van der Waals surface area (Å²) in [6.07, 6.45) is 1.15. The van der Waals surface area contributed by atoms with Crippen LogP contribution in [0.3, 0.4) is 0 Å². The van der Waals surface area contributed by atoms with Crippen molar-refractivity contribution in [2.45, 2.75) is 32.2 Å². The number of carbonyl (C=O) groups is 2. The molecule has 4 nitrogen and oxygen atoms in total. The molecule has 1 atom stereocenters. The Morgan fingerprint density at radius 3 is 2.69 bits per heavy atom. The van der Waals surface area contributed by atoms with E-state index in [0.717, 1.165) is 22.2 Å². The third kappa shape index (κ3) is 1.85. The Hall–Kier alpha value is -2.59. The van der Waals surface area contributed by atoms with Gasteiger partial charge in [-0.05, 0) is 56.7 Å². The molecule has 1 fully saturated rings. The van der Waals surface area contributed by atoms with Gasteiger partial charge in [-0.2, -0.15) is 0 Å². The van der Waals surface area contributed by atoms with E-state index in [1.807, 2.05) is 55.1 Å². The summed E-state index contributed by atoms with van der Waals surface area (Å²) in [6.45, 7) is 4.00. The van der Waals surface area contributed by atoms with Crippen molar-refractivity contribution in [3.63, 3.8) is 0 Å². The third-order valence-electron chi connectivity index (χ3n) is 5.71. The van der Waals surface area contributed by atoms with Crippen LogP contribution in [-0.2, 0) is 10.3 Å². The first-order valence-electron chi connectivity index (χ1n) is 8.70. The predicted octanol–water partition coefficient (Wildman–Crippen LogP) is 4.65. The minimum Gasteiger partial charge on any atom is -0.300 e. The SMILES string of the molecule is Cc1ccc2c(c1)C(=O)n1c(cc3cc(Cl)ccc31)C1(C)CCC(=O)N21. The largest absolute Gasteiger partial charge is 0.300 e. The van der Waals surface area contributed by atoms with Crippen molar-refractivity contribution in [2.75, 3.05) is 4.90 Å². The number of aryl methyl sites for hydroxylation is 1. The smallest absolute Gasteiger partial charge is 0.264 e. The molecule has 5 heteroatoms. The number of amides is 1. The first-order valence-corrected chi connectivity index (χ1v) is 9.08. The molecular formula is C21H17ClN2O2. The van der Waals surface area contributed by atoms with Crippen LogP contribution in [0.5, 0.6) is 0 Å². The topological polar surface area (TPSA) is 42.3 Å². The fourth-order valence-electron chi connectivity index (χ4n) is 4.43. The van der Waals surface area contributed by atoms with E-state index in [2.05, 4.69) is 0 Å². The number of halogens is 1. The molecule has 3 heterocycles. The summed E-state index contributed by atoms with van der Waals surface area (Å²) >= 11 is 6.16. The van der Waals surface area contributed by atoms with E-state index < -0.39 is 5.54 Å². The monoisotopic (exact) mass is 364 g/mol. The highest BCUT2D eigenvalue weighted by atomic mass is 35.5. The molecular weight excluding hydrogens is 348 g/mol. The highest BCUT2D eigenvalue weighted by molar-refractivity contribution is 6.31. The molecule has 0 saturated carbocycles. The van der Waals surface area contributed by atoms with Gasteiger partial charge in [0.1, 0.15) is 0 Å². The average molecular weight is 365 g/mol. The van der Waals surface area contributed by atoms with Crippen LogP contribution in [0.15, 0.2) is 42.5 Å². The summed E-state index contributed by atoms with van der Waals surface area (Å²) < 4.78 is 1.77. The van der Waals surface area contributed by atoms with Crippen molar-refractivity contribution in [1.29, 1.82) is 0 Å². The summed E-state index contributed by atoms with van der Waals surface area (Å²) in [5.74, 6) is -0.0402. The second-order valence-electron chi connectivity index (χ2n) is 7.40. The number of hydrogen-bond donors (Lipinski definition) is 0. The zero-order valence-electron chi connectivity index (χ0n) is 14.5. The van der Waals surface area contributed by atoms with E-state index >= 15 is 0 Å². The molecule has 1 saturated heterocycles. The third-order valence-corrected chi connectivity index (χ3v) is 5.95. The lowest BCUT2D eigenvalue weighted by atomic mass is 9.94. The number of fused-ring (bicyclic) bond motifs is 7. The van der Waals surface area contributed by atoms with Crippen LogP contribution in [0.1, 0.15) is 41.4 Å². The maximum absolute atomic E-state index is 13.5. The summed E-state index contributed by atoms with van der Waals surface area (Å²) in [7, 11) is 0. The highest BCUT2D eigenvalue weighted by Gasteiger charge is 2.49. The van der Waals surface area contributed by atoms with Crippen LogP contribution in [-0.4, -0.2) is 16.4 Å². The lowest BCUT2D eigenvalue weighted by Gasteiger charge is -2.34. The zero-order chi connectivity index (χ0) is 18.2. The van der Waals surface area contributed by atoms with Crippen molar-refractivity contribution in [2.24, 2.45) is 0 Å². The molecule has 1 aromatic heterocycles. The van der Waals surface area contributed by atoms with Crippen LogP contribution in [0, 0.1) is 6.92 Å². The van der Waals surface area contributed by atoms with E-state index in [1.54, 1.807) is 10.6 Å². The van der Waals surface area contributed by atoms with Crippen molar-refractivity contribution in [3.8, 4) is 0 Å². The Morgan fingerprint density at radius 1 is 1.08 bits per heavy atom.